The van der Waals surface area contributed by atoms with Gasteiger partial charge in [0.1, 0.15) is 5.75 Å². The number of anilines is 1. The Morgan fingerprint density at radius 2 is 1.75 bits per heavy atom. The fraction of sp³-hybridized carbons (Fsp3) is 0.190. The lowest BCUT2D eigenvalue weighted by Gasteiger charge is -2.21. The molecular weight excluding hydrogens is 378 g/mol. The van der Waals surface area contributed by atoms with Gasteiger partial charge < -0.3 is 9.84 Å². The topological polar surface area (TPSA) is 83.9 Å². The summed E-state index contributed by atoms with van der Waals surface area (Å²) in [5.41, 5.74) is 1.28. The standard InChI is InChI=1S/C21H19NO5S/c1-27-19-10-11-20(17-8-3-2-7-16(17)19)28(25,26)22-13-14(12-21(23)24)15-6-4-5-9-18(15)22/h2-11,14H,12-13H2,1H3,(H,23,24). The first-order valence-corrected chi connectivity index (χ1v) is 10.3. The molecule has 1 N–H and O–H groups in total. The first-order valence-electron chi connectivity index (χ1n) is 8.82. The van der Waals surface area contributed by atoms with E-state index in [1.165, 1.54) is 4.31 Å². The number of hydrogen-bond acceptors (Lipinski definition) is 4. The number of methoxy groups -OCH3 is 1. The molecule has 1 aliphatic rings. The second kappa shape index (κ2) is 6.83. The molecule has 0 saturated carbocycles. The number of rotatable bonds is 5. The van der Waals surface area contributed by atoms with Crippen molar-refractivity contribution in [3.63, 3.8) is 0 Å². The molecule has 1 heterocycles. The van der Waals surface area contributed by atoms with E-state index in [0.717, 1.165) is 5.56 Å². The van der Waals surface area contributed by atoms with Crippen molar-refractivity contribution in [2.24, 2.45) is 0 Å². The molecule has 28 heavy (non-hydrogen) atoms. The van der Waals surface area contributed by atoms with Gasteiger partial charge in [-0.3, -0.25) is 9.10 Å². The van der Waals surface area contributed by atoms with Gasteiger partial charge in [0.2, 0.25) is 0 Å². The highest BCUT2D eigenvalue weighted by atomic mass is 32.2. The lowest BCUT2D eigenvalue weighted by atomic mass is 9.98. The van der Waals surface area contributed by atoms with Gasteiger partial charge in [-0.2, -0.15) is 0 Å². The van der Waals surface area contributed by atoms with Crippen molar-refractivity contribution in [2.75, 3.05) is 18.0 Å². The second-order valence-corrected chi connectivity index (χ2v) is 8.53. The molecule has 7 heteroatoms. The van der Waals surface area contributed by atoms with E-state index in [4.69, 9.17) is 4.74 Å². The average molecular weight is 397 g/mol. The van der Waals surface area contributed by atoms with Crippen molar-refractivity contribution in [3.8, 4) is 5.75 Å². The number of carboxylic acids is 1. The summed E-state index contributed by atoms with van der Waals surface area (Å²) in [7, 11) is -2.34. The molecule has 3 aromatic carbocycles. The number of aliphatic carboxylic acids is 1. The van der Waals surface area contributed by atoms with Crippen LogP contribution in [0.25, 0.3) is 10.8 Å². The zero-order chi connectivity index (χ0) is 19.9. The fourth-order valence-corrected chi connectivity index (χ4v) is 5.57. The van der Waals surface area contributed by atoms with Crippen LogP contribution in [-0.2, 0) is 14.8 Å². The largest absolute Gasteiger partial charge is 0.496 e. The molecule has 0 amide bonds. The number of carboxylic acid groups (broad SMARTS) is 1. The third-order valence-corrected chi connectivity index (χ3v) is 6.92. The maximum Gasteiger partial charge on any atom is 0.304 e. The molecule has 4 rings (SSSR count). The highest BCUT2D eigenvalue weighted by Gasteiger charge is 2.38. The highest BCUT2D eigenvalue weighted by Crippen LogP contribution is 2.42. The van der Waals surface area contributed by atoms with Crippen LogP contribution in [0.4, 0.5) is 5.69 Å². The number of benzene rings is 3. The van der Waals surface area contributed by atoms with Crippen molar-refractivity contribution in [2.45, 2.75) is 17.2 Å². The second-order valence-electron chi connectivity index (χ2n) is 6.70. The Labute approximate surface area is 163 Å². The van der Waals surface area contributed by atoms with Crippen molar-refractivity contribution >= 4 is 32.5 Å². The summed E-state index contributed by atoms with van der Waals surface area (Å²) >= 11 is 0. The van der Waals surface area contributed by atoms with Crippen LogP contribution in [0.2, 0.25) is 0 Å². The molecule has 0 bridgehead atoms. The molecule has 1 unspecified atom stereocenters. The van der Waals surface area contributed by atoms with Crippen LogP contribution in [0.1, 0.15) is 17.9 Å². The van der Waals surface area contributed by atoms with Crippen LogP contribution < -0.4 is 9.04 Å². The summed E-state index contributed by atoms with van der Waals surface area (Å²) < 4.78 is 33.8. The van der Waals surface area contributed by atoms with E-state index in [0.29, 0.717) is 22.2 Å². The highest BCUT2D eigenvalue weighted by molar-refractivity contribution is 7.93. The summed E-state index contributed by atoms with van der Waals surface area (Å²) in [6.07, 6.45) is -0.119. The van der Waals surface area contributed by atoms with E-state index < -0.39 is 16.0 Å². The predicted octanol–water partition coefficient (Wildman–Crippen LogP) is 3.62. The summed E-state index contributed by atoms with van der Waals surface area (Å²) in [6.45, 7) is 0.105. The Morgan fingerprint density at radius 3 is 2.46 bits per heavy atom. The number of sulfonamides is 1. The minimum atomic E-state index is -3.89. The van der Waals surface area contributed by atoms with Crippen molar-refractivity contribution < 1.29 is 23.1 Å². The normalized spacial score (nSPS) is 16.2. The Balaban J connectivity index is 1.86. The smallest absolute Gasteiger partial charge is 0.304 e. The van der Waals surface area contributed by atoms with E-state index >= 15 is 0 Å². The molecule has 3 aromatic rings. The van der Waals surface area contributed by atoms with E-state index in [1.807, 2.05) is 12.1 Å². The SMILES string of the molecule is COc1ccc(S(=O)(=O)N2CC(CC(=O)O)c3ccccc32)c2ccccc12. The lowest BCUT2D eigenvalue weighted by Crippen LogP contribution is -2.30. The third-order valence-electron chi connectivity index (χ3n) is 5.08. The first-order chi connectivity index (χ1) is 13.4. The summed E-state index contributed by atoms with van der Waals surface area (Å²) in [4.78, 5) is 11.4. The number of hydrogen-bond donors (Lipinski definition) is 1. The molecule has 144 valence electrons. The summed E-state index contributed by atoms with van der Waals surface area (Å²) in [5.74, 6) is -0.734. The minimum Gasteiger partial charge on any atom is -0.496 e. The van der Waals surface area contributed by atoms with Crippen LogP contribution in [-0.4, -0.2) is 33.1 Å². The number of ether oxygens (including phenoxy) is 1. The number of carbonyl (C=O) groups is 1. The van der Waals surface area contributed by atoms with Gasteiger partial charge in [-0.1, -0.05) is 42.5 Å². The third kappa shape index (κ3) is 2.88. The number of para-hydroxylation sites is 1. The van der Waals surface area contributed by atoms with Gasteiger partial charge in [0, 0.05) is 23.2 Å². The maximum absolute atomic E-state index is 13.6. The summed E-state index contributed by atoms with van der Waals surface area (Å²) in [5, 5.41) is 10.5. The molecular formula is C21H19NO5S. The van der Waals surface area contributed by atoms with Gasteiger partial charge in [0.15, 0.2) is 0 Å². The summed E-state index contributed by atoms with van der Waals surface area (Å²) in [6, 6.07) is 17.4. The quantitative estimate of drug-likeness (QED) is 0.711. The lowest BCUT2D eigenvalue weighted by molar-refractivity contribution is -0.137. The Morgan fingerprint density at radius 1 is 1.07 bits per heavy atom. The monoisotopic (exact) mass is 397 g/mol. The Kier molecular flexibility index (Phi) is 4.47. The molecule has 6 nitrogen and oxygen atoms in total. The zero-order valence-corrected chi connectivity index (χ0v) is 16.0. The zero-order valence-electron chi connectivity index (χ0n) is 15.2. The molecule has 0 aliphatic carbocycles. The molecule has 1 atom stereocenters. The molecule has 0 radical (unpaired) electrons. The van der Waals surface area contributed by atoms with Gasteiger partial charge in [-0.15, -0.1) is 0 Å². The van der Waals surface area contributed by atoms with E-state index in [2.05, 4.69) is 0 Å². The van der Waals surface area contributed by atoms with Crippen LogP contribution in [0.5, 0.6) is 5.75 Å². The Bertz CT molecular complexity index is 1170. The Hall–Kier alpha value is -3.06. The fourth-order valence-electron chi connectivity index (χ4n) is 3.84. The molecule has 0 aromatic heterocycles. The minimum absolute atomic E-state index is 0.105. The van der Waals surface area contributed by atoms with E-state index in [9.17, 15) is 18.3 Å². The molecule has 0 saturated heterocycles. The van der Waals surface area contributed by atoms with Crippen LogP contribution in [0.15, 0.2) is 65.6 Å². The van der Waals surface area contributed by atoms with Gasteiger partial charge in [-0.25, -0.2) is 8.42 Å². The first kappa shape index (κ1) is 18.3. The van der Waals surface area contributed by atoms with Gasteiger partial charge in [-0.05, 0) is 23.8 Å². The van der Waals surface area contributed by atoms with Crippen molar-refractivity contribution in [1.29, 1.82) is 0 Å². The predicted molar refractivity (Wildman–Crippen MR) is 106 cm³/mol. The van der Waals surface area contributed by atoms with Crippen LogP contribution >= 0.6 is 0 Å². The maximum atomic E-state index is 13.6. The number of nitrogens with zero attached hydrogens (tertiary/aromatic N) is 1. The van der Waals surface area contributed by atoms with Gasteiger partial charge in [0.05, 0.1) is 24.1 Å². The van der Waals surface area contributed by atoms with E-state index in [-0.39, 0.29) is 23.8 Å². The number of fused-ring (bicyclic) bond motifs is 2. The molecule has 0 fully saturated rings. The van der Waals surface area contributed by atoms with Crippen molar-refractivity contribution in [3.05, 3.63) is 66.2 Å². The molecule has 0 spiro atoms. The average Bonchev–Trinajstić information content (AvgIpc) is 3.06. The van der Waals surface area contributed by atoms with Crippen LogP contribution in [0.3, 0.4) is 0 Å². The van der Waals surface area contributed by atoms with Gasteiger partial charge in [0.25, 0.3) is 10.0 Å². The van der Waals surface area contributed by atoms with E-state index in [1.54, 1.807) is 55.6 Å². The van der Waals surface area contributed by atoms with Crippen LogP contribution in [0, 0.1) is 0 Å². The molecule has 1 aliphatic heterocycles. The van der Waals surface area contributed by atoms with Crippen molar-refractivity contribution in [1.82, 2.24) is 0 Å². The van der Waals surface area contributed by atoms with Gasteiger partial charge >= 0.3 is 5.97 Å².